The van der Waals surface area contributed by atoms with Gasteiger partial charge in [-0.2, -0.15) is 0 Å². The number of imide groups is 1. The Morgan fingerprint density at radius 3 is 2.52 bits per heavy atom. The number of urea groups is 1. The van der Waals surface area contributed by atoms with Crippen molar-refractivity contribution in [1.82, 2.24) is 20.9 Å². The Kier molecular flexibility index (Phi) is 9.17. The summed E-state index contributed by atoms with van der Waals surface area (Å²) < 4.78 is 21.1. The minimum atomic E-state index is -1.06. The van der Waals surface area contributed by atoms with E-state index in [0.717, 1.165) is 10.5 Å². The number of carbonyl (C=O) groups excluding carboxylic acids is 4. The van der Waals surface area contributed by atoms with Gasteiger partial charge < -0.3 is 26.0 Å². The van der Waals surface area contributed by atoms with Crippen LogP contribution in [0.25, 0.3) is 22.3 Å². The summed E-state index contributed by atoms with van der Waals surface area (Å²) in [4.78, 5) is 49.6. The van der Waals surface area contributed by atoms with E-state index in [0.29, 0.717) is 63.7 Å². The molecule has 4 N–H and O–H groups in total. The van der Waals surface area contributed by atoms with Gasteiger partial charge in [0, 0.05) is 61.5 Å². The van der Waals surface area contributed by atoms with Crippen molar-refractivity contribution < 1.29 is 28.3 Å². The molecule has 3 aromatic rings. The normalized spacial score (nSPS) is 18.5. The molecule has 230 valence electrons. The van der Waals surface area contributed by atoms with Crippen LogP contribution in [0.3, 0.4) is 0 Å². The standard InChI is InChI=1S/C32H33ClFN5O5/c1-17-20(6-5-9-26(17)38-30(41)24-16-37-32(43)39(2)31(24)42)22-8-4-7-21(29(22)33)18-12-25(34)23(27(13-18)44-3)15-35-19-10-11-28(40)36-14-19/h4-9,12-13,19,24,35H,10-11,14-16H2,1-3H3,(H,36,40)(H,37,43)(H,38,41)/t19-,24?/m0/s1. The maximum Gasteiger partial charge on any atom is 0.323 e. The fourth-order valence-corrected chi connectivity index (χ4v) is 5.79. The molecule has 2 aliphatic rings. The molecule has 12 heteroatoms. The number of methoxy groups -OCH3 is 1. The number of hydrogen-bond donors (Lipinski definition) is 4. The average Bonchev–Trinajstić information content (AvgIpc) is 3.01. The Bertz CT molecular complexity index is 1640. The van der Waals surface area contributed by atoms with E-state index < -0.39 is 29.6 Å². The van der Waals surface area contributed by atoms with Crippen molar-refractivity contribution >= 4 is 41.0 Å². The Labute approximate surface area is 259 Å². The fraction of sp³-hybridized carbons (Fsp3) is 0.312. The van der Waals surface area contributed by atoms with Crippen LogP contribution >= 0.6 is 11.6 Å². The first kappa shape index (κ1) is 31.0. The van der Waals surface area contributed by atoms with Crippen LogP contribution in [0.4, 0.5) is 14.9 Å². The van der Waals surface area contributed by atoms with Crippen molar-refractivity contribution in [3.63, 3.8) is 0 Å². The quantitative estimate of drug-likeness (QED) is 0.279. The van der Waals surface area contributed by atoms with E-state index in [2.05, 4.69) is 21.3 Å². The average molecular weight is 622 g/mol. The Hall–Kier alpha value is -4.48. The first-order valence-electron chi connectivity index (χ1n) is 14.2. The minimum Gasteiger partial charge on any atom is -0.496 e. The molecule has 0 aliphatic carbocycles. The number of ether oxygens (including phenoxy) is 1. The van der Waals surface area contributed by atoms with E-state index in [1.807, 2.05) is 25.1 Å². The molecule has 2 aliphatic heterocycles. The third-order valence-corrected chi connectivity index (χ3v) is 8.51. The smallest absolute Gasteiger partial charge is 0.323 e. The molecule has 44 heavy (non-hydrogen) atoms. The minimum absolute atomic E-state index is 0.0159. The molecule has 1 unspecified atom stereocenters. The monoisotopic (exact) mass is 621 g/mol. The Morgan fingerprint density at radius 2 is 1.80 bits per heavy atom. The summed E-state index contributed by atoms with van der Waals surface area (Å²) >= 11 is 6.95. The van der Waals surface area contributed by atoms with Crippen LogP contribution in [0.5, 0.6) is 5.75 Å². The number of rotatable bonds is 8. The number of hydrogen-bond acceptors (Lipinski definition) is 6. The Balaban J connectivity index is 1.40. The summed E-state index contributed by atoms with van der Waals surface area (Å²) in [6.07, 6.45) is 1.10. The molecule has 10 nitrogen and oxygen atoms in total. The van der Waals surface area contributed by atoms with Crippen LogP contribution < -0.4 is 26.0 Å². The van der Waals surface area contributed by atoms with Crippen LogP contribution in [-0.2, 0) is 20.9 Å². The van der Waals surface area contributed by atoms with Crippen LogP contribution in [0, 0.1) is 18.7 Å². The second-order valence-electron chi connectivity index (χ2n) is 10.8. The molecule has 2 saturated heterocycles. The molecule has 2 atom stereocenters. The van der Waals surface area contributed by atoms with E-state index in [1.165, 1.54) is 20.2 Å². The lowest BCUT2D eigenvalue weighted by Gasteiger charge is -2.28. The molecule has 0 spiro atoms. The van der Waals surface area contributed by atoms with Crippen molar-refractivity contribution in [1.29, 1.82) is 0 Å². The predicted octanol–water partition coefficient (Wildman–Crippen LogP) is 4.23. The summed E-state index contributed by atoms with van der Waals surface area (Å²) in [5, 5.41) is 11.8. The van der Waals surface area contributed by atoms with Crippen LogP contribution in [0.15, 0.2) is 48.5 Å². The van der Waals surface area contributed by atoms with Gasteiger partial charge in [-0.25, -0.2) is 9.18 Å². The highest BCUT2D eigenvalue weighted by Crippen LogP contribution is 2.41. The summed E-state index contributed by atoms with van der Waals surface area (Å²) in [5.74, 6) is -2.24. The highest BCUT2D eigenvalue weighted by molar-refractivity contribution is 6.36. The number of nitrogens with one attached hydrogen (secondary N) is 4. The molecule has 2 heterocycles. The zero-order valence-electron chi connectivity index (χ0n) is 24.6. The van der Waals surface area contributed by atoms with Gasteiger partial charge in [0.2, 0.25) is 17.7 Å². The first-order valence-corrected chi connectivity index (χ1v) is 14.6. The van der Waals surface area contributed by atoms with E-state index in [1.54, 1.807) is 24.3 Å². The van der Waals surface area contributed by atoms with E-state index in [4.69, 9.17) is 16.3 Å². The van der Waals surface area contributed by atoms with Gasteiger partial charge in [0.05, 0.1) is 12.1 Å². The molecule has 0 aromatic heterocycles. The molecule has 5 rings (SSSR count). The summed E-state index contributed by atoms with van der Waals surface area (Å²) in [5.41, 5.74) is 4.11. The molecular formula is C32H33ClFN5O5. The highest BCUT2D eigenvalue weighted by Gasteiger charge is 2.36. The number of halogens is 2. The fourth-order valence-electron chi connectivity index (χ4n) is 5.45. The van der Waals surface area contributed by atoms with Crippen molar-refractivity contribution in [2.24, 2.45) is 5.92 Å². The number of benzene rings is 3. The molecular weight excluding hydrogens is 589 g/mol. The van der Waals surface area contributed by atoms with Gasteiger partial charge in [-0.3, -0.25) is 19.3 Å². The summed E-state index contributed by atoms with van der Waals surface area (Å²) in [6.45, 7) is 2.46. The van der Waals surface area contributed by atoms with Gasteiger partial charge in [0.25, 0.3) is 0 Å². The maximum atomic E-state index is 15.5. The van der Waals surface area contributed by atoms with Crippen molar-refractivity contribution in [2.45, 2.75) is 32.4 Å². The lowest BCUT2D eigenvalue weighted by Crippen LogP contribution is -2.56. The third kappa shape index (κ3) is 6.24. The molecule has 0 bridgehead atoms. The molecule has 2 fully saturated rings. The molecule has 3 aromatic carbocycles. The van der Waals surface area contributed by atoms with Gasteiger partial charge in [-0.05, 0) is 48.2 Å². The number of nitrogens with zero attached hydrogens (tertiary/aromatic N) is 1. The largest absolute Gasteiger partial charge is 0.496 e. The number of amides is 5. The molecule has 5 amide bonds. The van der Waals surface area contributed by atoms with E-state index >= 15 is 4.39 Å². The van der Waals surface area contributed by atoms with Crippen molar-refractivity contribution in [2.75, 3.05) is 32.6 Å². The first-order chi connectivity index (χ1) is 21.1. The molecule has 0 saturated carbocycles. The maximum absolute atomic E-state index is 15.5. The highest BCUT2D eigenvalue weighted by atomic mass is 35.5. The lowest BCUT2D eigenvalue weighted by molar-refractivity contribution is -0.138. The van der Waals surface area contributed by atoms with Gasteiger partial charge in [-0.15, -0.1) is 0 Å². The van der Waals surface area contributed by atoms with E-state index in [-0.39, 0.29) is 25.0 Å². The van der Waals surface area contributed by atoms with Crippen LogP contribution in [-0.4, -0.2) is 61.9 Å². The Morgan fingerprint density at radius 1 is 1.07 bits per heavy atom. The number of anilines is 1. The zero-order valence-corrected chi connectivity index (χ0v) is 25.3. The van der Waals surface area contributed by atoms with Crippen molar-refractivity contribution in [3.05, 3.63) is 70.5 Å². The summed E-state index contributed by atoms with van der Waals surface area (Å²) in [6, 6.07) is 13.5. The number of carbonyl (C=O) groups is 4. The third-order valence-electron chi connectivity index (χ3n) is 8.11. The van der Waals surface area contributed by atoms with Gasteiger partial charge in [0.1, 0.15) is 17.5 Å². The van der Waals surface area contributed by atoms with Gasteiger partial charge >= 0.3 is 6.03 Å². The summed E-state index contributed by atoms with van der Waals surface area (Å²) in [7, 11) is 2.81. The predicted molar refractivity (Wildman–Crippen MR) is 165 cm³/mol. The zero-order chi connectivity index (χ0) is 31.5. The van der Waals surface area contributed by atoms with Crippen LogP contribution in [0.1, 0.15) is 24.0 Å². The van der Waals surface area contributed by atoms with Gasteiger partial charge in [0.15, 0.2) is 0 Å². The second kappa shape index (κ2) is 13.0. The SMILES string of the molecule is COc1cc(-c2cccc(-c3cccc(NC(=O)C4CNC(=O)N(C)C4=O)c3C)c2Cl)cc(F)c1CN[C@H]1CCC(=O)NC1. The molecule has 0 radical (unpaired) electrons. The van der Waals surface area contributed by atoms with Crippen LogP contribution in [0.2, 0.25) is 5.02 Å². The number of piperidine rings is 1. The van der Waals surface area contributed by atoms with Gasteiger partial charge in [-0.1, -0.05) is 41.9 Å². The van der Waals surface area contributed by atoms with E-state index in [9.17, 15) is 19.2 Å². The second-order valence-corrected chi connectivity index (χ2v) is 11.2. The lowest BCUT2D eigenvalue weighted by atomic mass is 9.94. The topological polar surface area (TPSA) is 129 Å². The van der Waals surface area contributed by atoms with Crippen molar-refractivity contribution in [3.8, 4) is 28.0 Å².